The second kappa shape index (κ2) is 29.6. The van der Waals surface area contributed by atoms with Crippen LogP contribution in [0.2, 0.25) is 0 Å². The van der Waals surface area contributed by atoms with Crippen LogP contribution in [-0.2, 0) is 0 Å². The van der Waals surface area contributed by atoms with Gasteiger partial charge in [-0.3, -0.25) is 0 Å². The zero-order valence-electron chi connectivity index (χ0n) is 62.4. The van der Waals surface area contributed by atoms with Gasteiger partial charge in [-0.05, 0) is 274 Å². The average molecular weight is 1420 g/mol. The Balaban J connectivity index is 0.919. The Morgan fingerprint density at radius 3 is 0.739 bits per heavy atom. The molecule has 16 aromatic rings. The molecule has 2 fully saturated rings. The number of pyridine rings is 1. The topological polar surface area (TPSA) is 19.4 Å². The minimum atomic E-state index is -0.130. The fraction of sp³-hybridized carbons (Fsp3) is 0.112. The van der Waals surface area contributed by atoms with Gasteiger partial charge in [0.25, 0.3) is 6.71 Å². The van der Waals surface area contributed by atoms with Crippen LogP contribution >= 0.6 is 0 Å². The first-order chi connectivity index (χ1) is 55.0. The van der Waals surface area contributed by atoms with E-state index in [0.29, 0.717) is 11.8 Å². The second-order valence-electron chi connectivity index (χ2n) is 31.0. The minimum absolute atomic E-state index is 0.130. The largest absolute Gasteiger partial charge is 0.311 e. The van der Waals surface area contributed by atoms with Crippen LogP contribution in [-0.4, -0.2) is 11.7 Å². The SMILES string of the molecule is c1ccc(-c2cc(-c3ccccc3)cc(-c3cc(-c4cc(-c5ccccc5)cc(-c5ccccc5)c4)nc(-c4cc5c6c(c4)N(c4cc(-c7ccccc7)cc(-c7ccccc7)c4)c4ccc(C7CCCCC7)cc4B6c4cc(C6CCCCC6)ccc4N5c4cc(-c5ccccc5)cc(-c5ccccc5)c4)c3)c2)cc1. The van der Waals surface area contributed by atoms with Gasteiger partial charge >= 0.3 is 0 Å². The zero-order chi connectivity index (χ0) is 73.6. The number of aromatic nitrogens is 1. The normalized spacial score (nSPS) is 14.0. The van der Waals surface area contributed by atoms with Crippen LogP contribution in [0.5, 0.6) is 0 Å². The van der Waals surface area contributed by atoms with Crippen molar-refractivity contribution < 1.29 is 0 Å². The van der Waals surface area contributed by atoms with Crippen molar-refractivity contribution in [2.75, 3.05) is 9.80 Å². The molecule has 0 saturated heterocycles. The van der Waals surface area contributed by atoms with Gasteiger partial charge in [0, 0.05) is 45.3 Å². The van der Waals surface area contributed by atoms with Crippen LogP contribution in [0.4, 0.5) is 34.1 Å². The molecule has 0 unspecified atom stereocenters. The molecular formula is C107H84BN3. The molecule has 1 aromatic heterocycles. The van der Waals surface area contributed by atoms with E-state index in [1.165, 1.54) is 125 Å². The number of anilines is 6. The van der Waals surface area contributed by atoms with Gasteiger partial charge in [0.2, 0.25) is 0 Å². The molecule has 0 atom stereocenters. The summed E-state index contributed by atoms with van der Waals surface area (Å²) in [6.45, 7) is -0.130. The zero-order valence-corrected chi connectivity index (χ0v) is 62.4. The summed E-state index contributed by atoms with van der Waals surface area (Å²) in [7, 11) is 0. The monoisotopic (exact) mass is 1420 g/mol. The Labute approximate surface area is 653 Å². The van der Waals surface area contributed by atoms with Crippen molar-refractivity contribution in [2.24, 2.45) is 0 Å². The number of fused-ring (bicyclic) bond motifs is 4. The minimum Gasteiger partial charge on any atom is -0.311 e. The Morgan fingerprint density at radius 2 is 0.450 bits per heavy atom. The maximum Gasteiger partial charge on any atom is 0.252 e. The van der Waals surface area contributed by atoms with Crippen LogP contribution in [0.15, 0.2) is 376 Å². The van der Waals surface area contributed by atoms with Gasteiger partial charge in [-0.1, -0.05) is 305 Å². The number of nitrogens with zero attached hydrogens (tertiary/aromatic N) is 3. The van der Waals surface area contributed by atoms with E-state index < -0.39 is 0 Å². The highest BCUT2D eigenvalue weighted by Crippen LogP contribution is 2.51. The third-order valence-corrected chi connectivity index (χ3v) is 24.1. The molecule has 4 heteroatoms. The van der Waals surface area contributed by atoms with Gasteiger partial charge in [0.1, 0.15) is 0 Å². The summed E-state index contributed by atoms with van der Waals surface area (Å²) in [4.78, 5) is 11.5. The van der Waals surface area contributed by atoms with Crippen molar-refractivity contribution in [3.63, 3.8) is 0 Å². The van der Waals surface area contributed by atoms with E-state index >= 15 is 0 Å². The maximum absolute atomic E-state index is 6.18. The summed E-state index contributed by atoms with van der Waals surface area (Å²) in [5, 5.41) is 0. The van der Waals surface area contributed by atoms with Crippen LogP contribution < -0.4 is 26.2 Å². The van der Waals surface area contributed by atoms with Gasteiger partial charge < -0.3 is 9.80 Å². The molecule has 0 spiro atoms. The standard InChI is InChI=1S/C107H84BN3/c1-11-31-73(32-12-1)83-51-53-103-99(67-83)108-100-68-84(74-33-13-2-14-34-74)52-54-104(100)111(98-65-92(81-47-27-9-28-48-81)60-93(66-98)82-49-29-10-30-50-82)106-72-96(71-105(107(106)108)110(103)97-63-90(79-43-23-7-24-44-79)59-91(64-97)80-45-25-8-26-46-80)102-70-94(89-57-85(75-35-15-3-16-36-75)55-86(58-89)76-37-17-4-18-38-76)69-101(109-102)95-61-87(77-39-19-5-20-40-77)56-88(62-95)78-41-21-6-22-42-78/h3-10,15-30,35-74H,1-2,11-14,31-34H2. The van der Waals surface area contributed by atoms with Gasteiger partial charge in [0.05, 0.1) is 11.4 Å². The highest BCUT2D eigenvalue weighted by molar-refractivity contribution is 7.00. The summed E-state index contributed by atoms with van der Waals surface area (Å²) in [5.41, 5.74) is 38.3. The van der Waals surface area contributed by atoms with E-state index in [0.717, 1.165) is 123 Å². The Kier molecular flexibility index (Phi) is 18.0. The third-order valence-electron chi connectivity index (χ3n) is 24.1. The summed E-state index contributed by atoms with van der Waals surface area (Å²) >= 11 is 0. The fourth-order valence-electron chi connectivity index (χ4n) is 18.5. The van der Waals surface area contributed by atoms with Crippen LogP contribution in [0.1, 0.15) is 87.2 Å². The Morgan fingerprint density at radius 1 is 0.207 bits per heavy atom. The van der Waals surface area contributed by atoms with Crippen molar-refractivity contribution in [1.82, 2.24) is 4.98 Å². The first-order valence-electron chi connectivity index (χ1n) is 40.1. The molecule has 111 heavy (non-hydrogen) atoms. The summed E-state index contributed by atoms with van der Waals surface area (Å²) in [5.74, 6) is 0.970. The predicted molar refractivity (Wildman–Crippen MR) is 470 cm³/mol. The van der Waals surface area contributed by atoms with Gasteiger partial charge in [-0.25, -0.2) is 4.98 Å². The van der Waals surface area contributed by atoms with E-state index in [2.05, 4.69) is 386 Å². The number of hydrogen-bond acceptors (Lipinski definition) is 3. The van der Waals surface area contributed by atoms with Crippen molar-refractivity contribution in [2.45, 2.75) is 76.0 Å². The molecule has 2 aliphatic heterocycles. The van der Waals surface area contributed by atoms with Crippen LogP contribution in [0, 0.1) is 0 Å². The maximum atomic E-state index is 6.18. The summed E-state index contributed by atoms with van der Waals surface area (Å²) in [6, 6.07) is 142. The average Bonchev–Trinajstić information content (AvgIpc) is 0.692. The van der Waals surface area contributed by atoms with Crippen molar-refractivity contribution >= 4 is 57.2 Å². The number of hydrogen-bond donors (Lipinski definition) is 0. The van der Waals surface area contributed by atoms with Crippen LogP contribution in [0.3, 0.4) is 0 Å². The van der Waals surface area contributed by atoms with E-state index in [1.807, 2.05) is 0 Å². The molecule has 20 rings (SSSR count). The summed E-state index contributed by atoms with van der Waals surface area (Å²) in [6.07, 6.45) is 12.4. The number of benzene rings is 15. The molecule has 0 radical (unpaired) electrons. The Hall–Kier alpha value is -12.9. The lowest BCUT2D eigenvalue weighted by Crippen LogP contribution is -2.61. The lowest BCUT2D eigenvalue weighted by molar-refractivity contribution is 0.444. The molecule has 15 aromatic carbocycles. The highest BCUT2D eigenvalue weighted by atomic mass is 15.2. The molecule has 0 N–H and O–H groups in total. The van der Waals surface area contributed by atoms with Crippen LogP contribution in [0.25, 0.3) is 123 Å². The second-order valence-corrected chi connectivity index (χ2v) is 31.0. The van der Waals surface area contributed by atoms with Gasteiger partial charge in [0.15, 0.2) is 0 Å². The van der Waals surface area contributed by atoms with E-state index in [-0.39, 0.29) is 6.71 Å². The molecule has 0 bridgehead atoms. The van der Waals surface area contributed by atoms with E-state index in [9.17, 15) is 0 Å². The molecule has 530 valence electrons. The summed E-state index contributed by atoms with van der Waals surface area (Å²) < 4.78 is 0. The van der Waals surface area contributed by atoms with Gasteiger partial charge in [-0.2, -0.15) is 0 Å². The molecule has 4 aliphatic rings. The fourth-order valence-corrected chi connectivity index (χ4v) is 18.5. The first kappa shape index (κ1) is 67.5. The van der Waals surface area contributed by atoms with Gasteiger partial charge in [-0.15, -0.1) is 0 Å². The smallest absolute Gasteiger partial charge is 0.252 e. The van der Waals surface area contributed by atoms with E-state index in [4.69, 9.17) is 4.98 Å². The predicted octanol–water partition coefficient (Wildman–Crippen LogP) is 27.6. The van der Waals surface area contributed by atoms with E-state index in [1.54, 1.807) is 0 Å². The lowest BCUT2D eigenvalue weighted by Gasteiger charge is -2.45. The molecule has 3 heterocycles. The third kappa shape index (κ3) is 13.3. The van der Waals surface area contributed by atoms with Crippen molar-refractivity contribution in [3.05, 3.63) is 387 Å². The molecule has 2 aliphatic carbocycles. The lowest BCUT2D eigenvalue weighted by atomic mass is 9.33. The molecule has 0 amide bonds. The quantitative estimate of drug-likeness (QED) is 0.0954. The molecule has 3 nitrogen and oxygen atoms in total. The van der Waals surface area contributed by atoms with Crippen molar-refractivity contribution in [1.29, 1.82) is 0 Å². The highest BCUT2D eigenvalue weighted by Gasteiger charge is 2.45. The Bertz CT molecular complexity index is 5480. The number of rotatable bonds is 15. The van der Waals surface area contributed by atoms with Crippen molar-refractivity contribution in [3.8, 4) is 123 Å². The molecular weight excluding hydrogens is 1340 g/mol. The molecule has 2 saturated carbocycles. The first-order valence-corrected chi connectivity index (χ1v) is 40.1.